The molecule has 1 aromatic rings. The fourth-order valence-electron chi connectivity index (χ4n) is 2.71. The van der Waals surface area contributed by atoms with E-state index in [4.69, 9.17) is 10.5 Å². The first kappa shape index (κ1) is 14.9. The SMILES string of the molecule is COCC(N)C(=O)NC1c2cccc(F)c2CCC1C. The number of hydrogen-bond donors (Lipinski definition) is 2. The molecule has 0 saturated heterocycles. The van der Waals surface area contributed by atoms with Crippen LogP contribution in [0.25, 0.3) is 0 Å². The first-order valence-corrected chi connectivity index (χ1v) is 6.86. The Balaban J connectivity index is 2.20. The first-order chi connectivity index (χ1) is 9.54. The molecule has 4 nitrogen and oxygen atoms in total. The third-order valence-corrected chi connectivity index (χ3v) is 3.89. The van der Waals surface area contributed by atoms with E-state index < -0.39 is 6.04 Å². The van der Waals surface area contributed by atoms with Crippen molar-refractivity contribution in [3.8, 4) is 0 Å². The molecule has 3 N–H and O–H groups in total. The molecule has 110 valence electrons. The number of carbonyl (C=O) groups is 1. The van der Waals surface area contributed by atoms with Crippen LogP contribution in [0.15, 0.2) is 18.2 Å². The topological polar surface area (TPSA) is 64.3 Å². The predicted molar refractivity (Wildman–Crippen MR) is 74.6 cm³/mol. The van der Waals surface area contributed by atoms with Crippen molar-refractivity contribution in [2.24, 2.45) is 11.7 Å². The van der Waals surface area contributed by atoms with Gasteiger partial charge in [0, 0.05) is 7.11 Å². The van der Waals surface area contributed by atoms with Gasteiger partial charge in [0.05, 0.1) is 12.6 Å². The number of fused-ring (bicyclic) bond motifs is 1. The van der Waals surface area contributed by atoms with Crippen molar-refractivity contribution in [2.75, 3.05) is 13.7 Å². The van der Waals surface area contributed by atoms with Crippen LogP contribution in [0.4, 0.5) is 4.39 Å². The molecule has 5 heteroatoms. The minimum absolute atomic E-state index is 0.170. The summed E-state index contributed by atoms with van der Waals surface area (Å²) >= 11 is 0. The smallest absolute Gasteiger partial charge is 0.239 e. The number of nitrogens with one attached hydrogen (secondary N) is 1. The number of carbonyl (C=O) groups excluding carboxylic acids is 1. The molecule has 0 heterocycles. The summed E-state index contributed by atoms with van der Waals surface area (Å²) in [7, 11) is 1.50. The first-order valence-electron chi connectivity index (χ1n) is 6.86. The van der Waals surface area contributed by atoms with Crippen LogP contribution in [0.5, 0.6) is 0 Å². The van der Waals surface area contributed by atoms with E-state index in [1.807, 2.05) is 6.07 Å². The number of amides is 1. The van der Waals surface area contributed by atoms with Crippen LogP contribution < -0.4 is 11.1 Å². The highest BCUT2D eigenvalue weighted by molar-refractivity contribution is 5.82. The van der Waals surface area contributed by atoms with Crippen molar-refractivity contribution in [2.45, 2.75) is 31.8 Å². The molecule has 20 heavy (non-hydrogen) atoms. The average Bonchev–Trinajstić information content (AvgIpc) is 2.42. The Kier molecular flexibility index (Phi) is 4.73. The Labute approximate surface area is 118 Å². The van der Waals surface area contributed by atoms with E-state index >= 15 is 0 Å². The van der Waals surface area contributed by atoms with E-state index in [0.29, 0.717) is 12.0 Å². The van der Waals surface area contributed by atoms with Crippen LogP contribution in [-0.4, -0.2) is 25.7 Å². The summed E-state index contributed by atoms with van der Waals surface area (Å²) in [5, 5.41) is 2.93. The molecule has 0 aliphatic heterocycles. The van der Waals surface area contributed by atoms with Gasteiger partial charge in [0.15, 0.2) is 0 Å². The molecule has 1 aliphatic rings. The highest BCUT2D eigenvalue weighted by Crippen LogP contribution is 2.35. The number of hydrogen-bond acceptors (Lipinski definition) is 3. The standard InChI is InChI=1S/C15H21FN2O2/c1-9-6-7-10-11(4-3-5-12(10)16)14(9)18-15(19)13(17)8-20-2/h3-5,9,13-14H,6-8,17H2,1-2H3,(H,18,19). The minimum atomic E-state index is -0.703. The molecule has 0 aromatic heterocycles. The molecule has 0 radical (unpaired) electrons. The molecule has 0 fully saturated rings. The molecule has 3 unspecified atom stereocenters. The fourth-order valence-corrected chi connectivity index (χ4v) is 2.71. The number of methoxy groups -OCH3 is 1. The lowest BCUT2D eigenvalue weighted by atomic mass is 9.80. The lowest BCUT2D eigenvalue weighted by molar-refractivity contribution is -0.124. The molecule has 1 aromatic carbocycles. The van der Waals surface area contributed by atoms with Gasteiger partial charge in [-0.15, -0.1) is 0 Å². The van der Waals surface area contributed by atoms with Crippen molar-refractivity contribution in [3.63, 3.8) is 0 Å². The van der Waals surface area contributed by atoms with Crippen LogP contribution in [0, 0.1) is 11.7 Å². The summed E-state index contributed by atoms with van der Waals surface area (Å²) in [6.45, 7) is 2.23. The molecule has 2 rings (SSSR count). The number of nitrogens with two attached hydrogens (primary N) is 1. The number of rotatable bonds is 4. The van der Waals surface area contributed by atoms with Crippen molar-refractivity contribution < 1.29 is 13.9 Å². The normalized spacial score (nSPS) is 23.0. The van der Waals surface area contributed by atoms with Crippen LogP contribution in [0.3, 0.4) is 0 Å². The second-order valence-corrected chi connectivity index (χ2v) is 5.37. The van der Waals surface area contributed by atoms with Crippen LogP contribution in [0.1, 0.15) is 30.5 Å². The molecule has 1 aliphatic carbocycles. The molecule has 0 bridgehead atoms. The Hall–Kier alpha value is -1.46. The maximum Gasteiger partial charge on any atom is 0.239 e. The van der Waals surface area contributed by atoms with Gasteiger partial charge in [-0.25, -0.2) is 4.39 Å². The van der Waals surface area contributed by atoms with E-state index in [0.717, 1.165) is 12.0 Å². The Bertz CT molecular complexity index is 493. The van der Waals surface area contributed by atoms with E-state index in [1.54, 1.807) is 6.07 Å². The van der Waals surface area contributed by atoms with Gasteiger partial charge in [-0.05, 0) is 36.0 Å². The van der Waals surface area contributed by atoms with Gasteiger partial charge in [0.25, 0.3) is 0 Å². The monoisotopic (exact) mass is 280 g/mol. The van der Waals surface area contributed by atoms with Gasteiger partial charge >= 0.3 is 0 Å². The Morgan fingerprint density at radius 1 is 1.60 bits per heavy atom. The third kappa shape index (κ3) is 2.99. The lowest BCUT2D eigenvalue weighted by Crippen LogP contribution is -2.46. The van der Waals surface area contributed by atoms with Gasteiger partial charge in [-0.3, -0.25) is 4.79 Å². The van der Waals surface area contributed by atoms with E-state index in [1.165, 1.54) is 13.2 Å². The number of benzene rings is 1. The summed E-state index contributed by atoms with van der Waals surface area (Å²) < 4.78 is 18.7. The van der Waals surface area contributed by atoms with Crippen LogP contribution in [0.2, 0.25) is 0 Å². The van der Waals surface area contributed by atoms with E-state index in [9.17, 15) is 9.18 Å². The highest BCUT2D eigenvalue weighted by Gasteiger charge is 2.30. The third-order valence-electron chi connectivity index (χ3n) is 3.89. The van der Waals surface area contributed by atoms with Crippen molar-refractivity contribution >= 4 is 5.91 Å². The molecular formula is C15H21FN2O2. The molecule has 0 spiro atoms. The summed E-state index contributed by atoms with van der Waals surface area (Å²) in [5.41, 5.74) is 7.30. The lowest BCUT2D eigenvalue weighted by Gasteiger charge is -2.33. The molecular weight excluding hydrogens is 259 g/mol. The molecule has 1 amide bonds. The largest absolute Gasteiger partial charge is 0.383 e. The predicted octanol–water partition coefficient (Wildman–Crippen LogP) is 1.54. The highest BCUT2D eigenvalue weighted by atomic mass is 19.1. The maximum absolute atomic E-state index is 13.8. The molecule has 0 saturated carbocycles. The van der Waals surface area contributed by atoms with Gasteiger partial charge in [0.2, 0.25) is 5.91 Å². The second kappa shape index (κ2) is 6.33. The summed E-state index contributed by atoms with van der Waals surface area (Å²) in [6.07, 6.45) is 1.55. The van der Waals surface area contributed by atoms with Gasteiger partial charge in [-0.1, -0.05) is 19.1 Å². The number of ether oxygens (including phenoxy) is 1. The van der Waals surface area contributed by atoms with Crippen LogP contribution in [-0.2, 0) is 16.0 Å². The summed E-state index contributed by atoms with van der Waals surface area (Å²) in [6, 6.07) is 4.13. The zero-order valence-electron chi connectivity index (χ0n) is 11.9. The average molecular weight is 280 g/mol. The van der Waals surface area contributed by atoms with Gasteiger partial charge < -0.3 is 15.8 Å². The van der Waals surface area contributed by atoms with E-state index in [-0.39, 0.29) is 30.3 Å². The van der Waals surface area contributed by atoms with Crippen molar-refractivity contribution in [1.29, 1.82) is 0 Å². The van der Waals surface area contributed by atoms with Crippen molar-refractivity contribution in [3.05, 3.63) is 35.1 Å². The zero-order chi connectivity index (χ0) is 14.7. The zero-order valence-corrected chi connectivity index (χ0v) is 11.9. The second-order valence-electron chi connectivity index (χ2n) is 5.37. The maximum atomic E-state index is 13.8. The van der Waals surface area contributed by atoms with Gasteiger partial charge in [-0.2, -0.15) is 0 Å². The van der Waals surface area contributed by atoms with E-state index in [2.05, 4.69) is 12.2 Å². The quantitative estimate of drug-likeness (QED) is 0.879. The fraction of sp³-hybridized carbons (Fsp3) is 0.533. The summed E-state index contributed by atoms with van der Waals surface area (Å²) in [4.78, 5) is 12.0. The van der Waals surface area contributed by atoms with Gasteiger partial charge in [0.1, 0.15) is 11.9 Å². The molecule has 3 atom stereocenters. The summed E-state index contributed by atoms with van der Waals surface area (Å²) in [5.74, 6) is -0.210. The number of halogens is 1. The Morgan fingerprint density at radius 2 is 2.35 bits per heavy atom. The van der Waals surface area contributed by atoms with Crippen LogP contribution >= 0.6 is 0 Å². The minimum Gasteiger partial charge on any atom is -0.383 e. The Morgan fingerprint density at radius 3 is 3.05 bits per heavy atom. The van der Waals surface area contributed by atoms with Crippen molar-refractivity contribution in [1.82, 2.24) is 5.32 Å².